The summed E-state index contributed by atoms with van der Waals surface area (Å²) in [6.07, 6.45) is 8.57. The fourth-order valence-corrected chi connectivity index (χ4v) is 5.38. The number of esters is 1. The Balaban J connectivity index is 1.34. The first-order valence-corrected chi connectivity index (χ1v) is 16.3. The highest BCUT2D eigenvalue weighted by Gasteiger charge is 2.29. The monoisotopic (exact) mass is 663 g/mol. The topological polar surface area (TPSA) is 124 Å². The maximum absolute atomic E-state index is 13.2. The summed E-state index contributed by atoms with van der Waals surface area (Å²) in [6.45, 7) is 12.9. The number of benzene rings is 1. The molecule has 12 nitrogen and oxygen atoms in total. The first kappa shape index (κ1) is 33.5. The zero-order valence-electron chi connectivity index (χ0n) is 28.7. The van der Waals surface area contributed by atoms with Crippen molar-refractivity contribution in [3.05, 3.63) is 78.5 Å². The largest absolute Gasteiger partial charge is 0.459 e. The molecule has 0 aliphatic carbocycles. The standard InChI is InChI=1S/C37H41N7O5/c1-36(2,3)48-32(45)24-44(35(46)49-37(4,5)6)31-16-12-26(21-38-31)30-22-39-33(42-17-19-47-20-18-42)34-41-28(23-43(30)34)15-14-27-13-11-25-9-7-8-10-29(25)40-27/h7-16,21-23H,17-20,24H2,1-6H3. The van der Waals surface area contributed by atoms with E-state index in [1.807, 2.05) is 59.1 Å². The number of anilines is 2. The van der Waals surface area contributed by atoms with Crippen molar-refractivity contribution in [2.75, 3.05) is 42.6 Å². The van der Waals surface area contributed by atoms with Crippen molar-refractivity contribution in [3.63, 3.8) is 0 Å². The van der Waals surface area contributed by atoms with Gasteiger partial charge in [0.15, 0.2) is 11.5 Å². The lowest BCUT2D eigenvalue weighted by Gasteiger charge is -2.28. The fraction of sp³-hybridized carbons (Fsp3) is 0.351. The molecule has 5 aromatic rings. The lowest BCUT2D eigenvalue weighted by atomic mass is 10.2. The van der Waals surface area contributed by atoms with Crippen LogP contribution in [0.1, 0.15) is 52.9 Å². The van der Waals surface area contributed by atoms with Crippen LogP contribution in [0, 0.1) is 0 Å². The molecule has 1 fully saturated rings. The van der Waals surface area contributed by atoms with E-state index in [2.05, 4.69) is 16.0 Å². The van der Waals surface area contributed by atoms with Gasteiger partial charge in [-0.15, -0.1) is 0 Å². The number of rotatable bonds is 7. The van der Waals surface area contributed by atoms with Crippen LogP contribution in [0.3, 0.4) is 0 Å². The van der Waals surface area contributed by atoms with E-state index in [1.54, 1.807) is 60.0 Å². The van der Waals surface area contributed by atoms with Gasteiger partial charge in [0.2, 0.25) is 0 Å². The molecule has 6 rings (SSSR count). The zero-order chi connectivity index (χ0) is 34.8. The maximum atomic E-state index is 13.2. The van der Waals surface area contributed by atoms with Crippen LogP contribution in [0.15, 0.2) is 67.1 Å². The van der Waals surface area contributed by atoms with Gasteiger partial charge in [0.05, 0.1) is 42.0 Å². The van der Waals surface area contributed by atoms with Gasteiger partial charge in [-0.3, -0.25) is 14.1 Å². The molecule has 0 spiro atoms. The van der Waals surface area contributed by atoms with E-state index in [-0.39, 0.29) is 12.4 Å². The van der Waals surface area contributed by atoms with E-state index in [1.165, 1.54) is 4.90 Å². The van der Waals surface area contributed by atoms with E-state index in [0.717, 1.165) is 39.4 Å². The number of carbonyl (C=O) groups is 2. The average Bonchev–Trinajstić information content (AvgIpc) is 3.49. The van der Waals surface area contributed by atoms with Gasteiger partial charge in [-0.25, -0.2) is 24.7 Å². The summed E-state index contributed by atoms with van der Waals surface area (Å²) in [6, 6.07) is 15.5. The molecular weight excluding hydrogens is 622 g/mol. The molecule has 0 radical (unpaired) electrons. The minimum atomic E-state index is -0.777. The Morgan fingerprint density at radius 1 is 0.857 bits per heavy atom. The summed E-state index contributed by atoms with van der Waals surface area (Å²) < 4.78 is 18.7. The van der Waals surface area contributed by atoms with E-state index < -0.39 is 23.3 Å². The molecular formula is C37H41N7O5. The second-order valence-electron chi connectivity index (χ2n) is 13.7. The Morgan fingerprint density at radius 3 is 2.31 bits per heavy atom. The lowest BCUT2D eigenvalue weighted by molar-refractivity contribution is -0.153. The summed E-state index contributed by atoms with van der Waals surface area (Å²) in [5.41, 5.74) is 3.16. The SMILES string of the molecule is CC(C)(C)OC(=O)CN(C(=O)OC(C)(C)C)c1ccc(-c2cnc(N3CCOCC3)c3nc(C=Cc4ccc5ccccc5n4)cn23)cn1. The lowest BCUT2D eigenvalue weighted by Crippen LogP contribution is -2.42. The third-order valence-corrected chi connectivity index (χ3v) is 7.49. The van der Waals surface area contributed by atoms with Crippen LogP contribution in [0.4, 0.5) is 16.4 Å². The predicted octanol–water partition coefficient (Wildman–Crippen LogP) is 6.43. The number of carbonyl (C=O) groups excluding carboxylic acids is 2. The van der Waals surface area contributed by atoms with E-state index >= 15 is 0 Å². The molecule has 1 aromatic carbocycles. The quantitative estimate of drug-likeness (QED) is 0.180. The average molecular weight is 664 g/mol. The summed E-state index contributed by atoms with van der Waals surface area (Å²) in [7, 11) is 0. The third kappa shape index (κ3) is 8.21. The number of imidazole rings is 1. The Kier molecular flexibility index (Phi) is 9.33. The number of hydrogen-bond donors (Lipinski definition) is 0. The van der Waals surface area contributed by atoms with Gasteiger partial charge >= 0.3 is 12.1 Å². The maximum Gasteiger partial charge on any atom is 0.416 e. The number of para-hydroxylation sites is 1. The van der Waals surface area contributed by atoms with Gasteiger partial charge in [0, 0.05) is 36.4 Å². The Morgan fingerprint density at radius 2 is 1.59 bits per heavy atom. The molecule has 12 heteroatoms. The second-order valence-corrected chi connectivity index (χ2v) is 13.7. The summed E-state index contributed by atoms with van der Waals surface area (Å²) >= 11 is 0. The molecule has 0 atom stereocenters. The molecule has 1 amide bonds. The second kappa shape index (κ2) is 13.6. The van der Waals surface area contributed by atoms with Gasteiger partial charge in [-0.2, -0.15) is 0 Å². The van der Waals surface area contributed by atoms with Gasteiger partial charge in [0.25, 0.3) is 0 Å². The van der Waals surface area contributed by atoms with Crippen molar-refractivity contribution in [3.8, 4) is 11.3 Å². The molecule has 254 valence electrons. The highest BCUT2D eigenvalue weighted by Crippen LogP contribution is 2.28. The number of pyridine rings is 2. The number of fused-ring (bicyclic) bond motifs is 2. The minimum absolute atomic E-state index is 0.245. The van der Waals surface area contributed by atoms with E-state index in [0.29, 0.717) is 32.0 Å². The van der Waals surface area contributed by atoms with Crippen LogP contribution < -0.4 is 9.80 Å². The van der Waals surface area contributed by atoms with Crippen LogP contribution in [0.5, 0.6) is 0 Å². The molecule has 49 heavy (non-hydrogen) atoms. The van der Waals surface area contributed by atoms with Crippen LogP contribution in [-0.4, -0.2) is 80.4 Å². The summed E-state index contributed by atoms with van der Waals surface area (Å²) in [4.78, 5) is 48.5. The highest BCUT2D eigenvalue weighted by atomic mass is 16.6. The van der Waals surface area contributed by atoms with Gasteiger partial charge < -0.3 is 19.1 Å². The Bertz CT molecular complexity index is 2000. The Hall–Kier alpha value is -5.36. The normalized spacial score (nSPS) is 14.0. The van der Waals surface area contributed by atoms with Crippen LogP contribution >= 0.6 is 0 Å². The molecule has 5 heterocycles. The predicted molar refractivity (Wildman–Crippen MR) is 189 cm³/mol. The summed E-state index contributed by atoms with van der Waals surface area (Å²) in [5.74, 6) is 0.426. The van der Waals surface area contributed by atoms with E-state index in [9.17, 15) is 9.59 Å². The van der Waals surface area contributed by atoms with Gasteiger partial charge in [-0.05, 0) is 78.0 Å². The summed E-state index contributed by atoms with van der Waals surface area (Å²) in [5, 5.41) is 1.08. The first-order chi connectivity index (χ1) is 23.3. The van der Waals surface area contributed by atoms with Crippen LogP contribution in [0.25, 0.3) is 40.0 Å². The van der Waals surface area contributed by atoms with Crippen molar-refractivity contribution in [1.82, 2.24) is 24.3 Å². The molecule has 1 aliphatic heterocycles. The van der Waals surface area contributed by atoms with Crippen molar-refractivity contribution >= 4 is 52.4 Å². The van der Waals surface area contributed by atoms with E-state index in [4.69, 9.17) is 29.2 Å². The zero-order valence-corrected chi connectivity index (χ0v) is 28.7. The smallest absolute Gasteiger partial charge is 0.416 e. The number of aromatic nitrogens is 5. The molecule has 0 bridgehead atoms. The molecule has 0 unspecified atom stereocenters. The number of amides is 1. The molecule has 0 saturated carbocycles. The third-order valence-electron chi connectivity index (χ3n) is 7.49. The number of morpholine rings is 1. The van der Waals surface area contributed by atoms with Gasteiger partial charge in [0.1, 0.15) is 23.6 Å². The molecule has 1 aliphatic rings. The van der Waals surface area contributed by atoms with Crippen LogP contribution in [-0.2, 0) is 19.0 Å². The highest BCUT2D eigenvalue weighted by molar-refractivity contribution is 5.93. The number of hydrogen-bond acceptors (Lipinski definition) is 10. The Labute approximate surface area is 285 Å². The van der Waals surface area contributed by atoms with Crippen molar-refractivity contribution < 1.29 is 23.8 Å². The first-order valence-electron chi connectivity index (χ1n) is 16.3. The fourth-order valence-electron chi connectivity index (χ4n) is 5.38. The van der Waals surface area contributed by atoms with Crippen molar-refractivity contribution in [1.29, 1.82) is 0 Å². The molecule has 1 saturated heterocycles. The molecule has 0 N–H and O–H groups in total. The van der Waals surface area contributed by atoms with Crippen LogP contribution in [0.2, 0.25) is 0 Å². The minimum Gasteiger partial charge on any atom is -0.459 e. The van der Waals surface area contributed by atoms with Crippen molar-refractivity contribution in [2.24, 2.45) is 0 Å². The number of nitrogens with zero attached hydrogens (tertiary/aromatic N) is 7. The molecule has 4 aromatic heterocycles. The number of ether oxygens (including phenoxy) is 3. The van der Waals surface area contributed by atoms with Crippen molar-refractivity contribution in [2.45, 2.75) is 52.7 Å². The van der Waals surface area contributed by atoms with Gasteiger partial charge in [-0.1, -0.05) is 24.3 Å².